The van der Waals surface area contributed by atoms with Gasteiger partial charge in [0.15, 0.2) is 0 Å². The normalized spacial score (nSPS) is 13.8. The predicted molar refractivity (Wildman–Crippen MR) is 56.3 cm³/mol. The van der Waals surface area contributed by atoms with Crippen LogP contribution in [0.3, 0.4) is 0 Å². The highest BCUT2D eigenvalue weighted by Crippen LogP contribution is 2.01. The van der Waals surface area contributed by atoms with Gasteiger partial charge in [-0.15, -0.1) is 0 Å². The van der Waals surface area contributed by atoms with Gasteiger partial charge in [-0.3, -0.25) is 0 Å². The Labute approximate surface area is 84.0 Å². The first-order valence-electron chi connectivity index (χ1n) is 4.60. The number of aliphatic hydroxyl groups is 1. The second-order valence-electron chi connectivity index (χ2n) is 3.19. The zero-order valence-electron chi connectivity index (χ0n) is 8.47. The summed E-state index contributed by atoms with van der Waals surface area (Å²) in [4.78, 5) is 4.95. The fourth-order valence-corrected chi connectivity index (χ4v) is 0.974. The van der Waals surface area contributed by atoms with Crippen molar-refractivity contribution in [1.82, 2.24) is 0 Å². The number of benzene rings is 1. The molecule has 1 rings (SSSR count). The van der Waals surface area contributed by atoms with E-state index in [1.54, 1.807) is 6.92 Å². The van der Waals surface area contributed by atoms with Gasteiger partial charge in [0.2, 0.25) is 0 Å². The topological polar surface area (TPSA) is 41.8 Å². The summed E-state index contributed by atoms with van der Waals surface area (Å²) in [5.74, 6) is 0. The van der Waals surface area contributed by atoms with Crippen molar-refractivity contribution >= 4 is 5.71 Å². The minimum Gasteiger partial charge on any atom is -0.393 e. The third-order valence-corrected chi connectivity index (χ3v) is 1.71. The fourth-order valence-electron chi connectivity index (χ4n) is 0.974. The largest absolute Gasteiger partial charge is 0.393 e. The van der Waals surface area contributed by atoms with Crippen molar-refractivity contribution in [3.8, 4) is 0 Å². The number of rotatable bonds is 4. The third-order valence-electron chi connectivity index (χ3n) is 1.71. The van der Waals surface area contributed by atoms with E-state index in [-0.39, 0.29) is 6.61 Å². The fraction of sp³-hybridized carbons (Fsp3) is 0.364. The monoisotopic (exact) mass is 193 g/mol. The lowest BCUT2D eigenvalue weighted by molar-refractivity contribution is 0.0501. The number of oxime groups is 1. The van der Waals surface area contributed by atoms with E-state index in [1.807, 2.05) is 37.3 Å². The highest BCUT2D eigenvalue weighted by Gasteiger charge is 1.97. The molecule has 1 N–H and O–H groups in total. The van der Waals surface area contributed by atoms with Crippen molar-refractivity contribution in [2.75, 3.05) is 6.61 Å². The summed E-state index contributed by atoms with van der Waals surface area (Å²) >= 11 is 0. The van der Waals surface area contributed by atoms with Crippen molar-refractivity contribution in [1.29, 1.82) is 0 Å². The maximum absolute atomic E-state index is 8.94. The Kier molecular flexibility index (Phi) is 4.13. The van der Waals surface area contributed by atoms with Crippen LogP contribution < -0.4 is 0 Å². The first-order chi connectivity index (χ1) is 6.70. The Hall–Kier alpha value is -1.35. The molecule has 14 heavy (non-hydrogen) atoms. The first-order valence-corrected chi connectivity index (χ1v) is 4.60. The lowest BCUT2D eigenvalue weighted by Crippen LogP contribution is -2.08. The van der Waals surface area contributed by atoms with E-state index in [1.165, 1.54) is 0 Å². The second kappa shape index (κ2) is 5.40. The molecule has 3 nitrogen and oxygen atoms in total. The molecule has 0 bridgehead atoms. The van der Waals surface area contributed by atoms with Crippen LogP contribution >= 0.6 is 0 Å². The maximum atomic E-state index is 8.94. The molecule has 0 amide bonds. The van der Waals surface area contributed by atoms with E-state index in [4.69, 9.17) is 9.94 Å². The van der Waals surface area contributed by atoms with Crippen LogP contribution in [0.1, 0.15) is 19.4 Å². The van der Waals surface area contributed by atoms with E-state index in [9.17, 15) is 0 Å². The summed E-state index contributed by atoms with van der Waals surface area (Å²) in [5, 5.41) is 12.8. The number of hydrogen-bond donors (Lipinski definition) is 1. The molecule has 0 aliphatic rings. The molecular formula is C11H15NO2. The molecule has 0 heterocycles. The Morgan fingerprint density at radius 3 is 2.64 bits per heavy atom. The van der Waals surface area contributed by atoms with Gasteiger partial charge in [0, 0.05) is 0 Å². The van der Waals surface area contributed by atoms with Gasteiger partial charge >= 0.3 is 0 Å². The lowest BCUT2D eigenvalue weighted by atomic mass is 10.1. The van der Waals surface area contributed by atoms with Crippen LogP contribution in [-0.2, 0) is 4.84 Å². The smallest absolute Gasteiger partial charge is 0.142 e. The maximum Gasteiger partial charge on any atom is 0.142 e. The van der Waals surface area contributed by atoms with Gasteiger partial charge in [-0.25, -0.2) is 0 Å². The zero-order valence-corrected chi connectivity index (χ0v) is 8.47. The summed E-state index contributed by atoms with van der Waals surface area (Å²) in [6.45, 7) is 3.76. The average Bonchev–Trinajstić information content (AvgIpc) is 2.18. The van der Waals surface area contributed by atoms with Gasteiger partial charge in [-0.05, 0) is 19.4 Å². The van der Waals surface area contributed by atoms with Crippen LogP contribution in [0, 0.1) is 0 Å². The molecule has 0 spiro atoms. The molecule has 3 heteroatoms. The summed E-state index contributed by atoms with van der Waals surface area (Å²) in [7, 11) is 0. The third kappa shape index (κ3) is 3.58. The highest BCUT2D eigenvalue weighted by molar-refractivity contribution is 5.98. The molecule has 0 radical (unpaired) electrons. The van der Waals surface area contributed by atoms with Crippen LogP contribution in [-0.4, -0.2) is 23.5 Å². The molecule has 76 valence electrons. The van der Waals surface area contributed by atoms with Crippen LogP contribution in [0.2, 0.25) is 0 Å². The van der Waals surface area contributed by atoms with Gasteiger partial charge < -0.3 is 9.94 Å². The van der Waals surface area contributed by atoms with E-state index in [0.29, 0.717) is 0 Å². The van der Waals surface area contributed by atoms with Crippen molar-refractivity contribution in [2.45, 2.75) is 20.0 Å². The van der Waals surface area contributed by atoms with Gasteiger partial charge in [0.05, 0.1) is 11.8 Å². The minimum atomic E-state index is -0.484. The number of hydrogen-bond acceptors (Lipinski definition) is 3. The Morgan fingerprint density at radius 1 is 1.43 bits per heavy atom. The van der Waals surface area contributed by atoms with Crippen molar-refractivity contribution in [3.05, 3.63) is 35.9 Å². The molecule has 0 aliphatic carbocycles. The summed E-state index contributed by atoms with van der Waals surface area (Å²) in [6.07, 6.45) is -0.484. The van der Waals surface area contributed by atoms with Crippen LogP contribution in [0.15, 0.2) is 35.5 Å². The van der Waals surface area contributed by atoms with Crippen LogP contribution in [0.5, 0.6) is 0 Å². The standard InChI is InChI=1S/C11H15NO2/c1-9(13)8-14-12-10(2)11-6-4-3-5-7-11/h3-7,9,13H,8H2,1-2H3/b12-10+. The summed E-state index contributed by atoms with van der Waals surface area (Å²) in [6, 6.07) is 9.77. The average molecular weight is 193 g/mol. The second-order valence-corrected chi connectivity index (χ2v) is 3.19. The first kappa shape index (κ1) is 10.7. The van der Waals surface area contributed by atoms with Crippen molar-refractivity contribution in [2.24, 2.45) is 5.16 Å². The van der Waals surface area contributed by atoms with Gasteiger partial charge in [-0.2, -0.15) is 0 Å². The molecule has 0 fully saturated rings. The highest BCUT2D eigenvalue weighted by atomic mass is 16.6. The molecule has 0 aliphatic heterocycles. The van der Waals surface area contributed by atoms with Crippen LogP contribution in [0.4, 0.5) is 0 Å². The molecule has 0 saturated carbocycles. The molecule has 1 aromatic carbocycles. The van der Waals surface area contributed by atoms with Gasteiger partial charge in [0.25, 0.3) is 0 Å². The van der Waals surface area contributed by atoms with E-state index in [0.717, 1.165) is 11.3 Å². The van der Waals surface area contributed by atoms with E-state index < -0.39 is 6.10 Å². The van der Waals surface area contributed by atoms with E-state index >= 15 is 0 Å². The van der Waals surface area contributed by atoms with Crippen LogP contribution in [0.25, 0.3) is 0 Å². The SMILES string of the molecule is C/C(=N\OCC(C)O)c1ccccc1. The van der Waals surface area contributed by atoms with Crippen molar-refractivity contribution < 1.29 is 9.94 Å². The predicted octanol–water partition coefficient (Wildman–Crippen LogP) is 1.81. The Morgan fingerprint density at radius 2 is 2.07 bits per heavy atom. The number of aliphatic hydroxyl groups excluding tert-OH is 1. The van der Waals surface area contributed by atoms with Gasteiger partial charge in [0.1, 0.15) is 6.61 Å². The van der Waals surface area contributed by atoms with Crippen molar-refractivity contribution in [3.63, 3.8) is 0 Å². The molecule has 0 saturated heterocycles. The zero-order chi connectivity index (χ0) is 10.4. The molecule has 1 unspecified atom stereocenters. The van der Waals surface area contributed by atoms with E-state index in [2.05, 4.69) is 5.16 Å². The van der Waals surface area contributed by atoms with Gasteiger partial charge in [-0.1, -0.05) is 35.5 Å². The quantitative estimate of drug-likeness (QED) is 0.585. The molecular weight excluding hydrogens is 178 g/mol. The Bertz CT molecular complexity index is 293. The lowest BCUT2D eigenvalue weighted by Gasteiger charge is -2.03. The molecule has 1 aromatic rings. The summed E-state index contributed by atoms with van der Waals surface area (Å²) < 4.78 is 0. The molecule has 0 aromatic heterocycles. The molecule has 1 atom stereocenters. The number of nitrogens with zero attached hydrogens (tertiary/aromatic N) is 1. The minimum absolute atomic E-state index is 0.226. The summed E-state index contributed by atoms with van der Waals surface area (Å²) in [5.41, 5.74) is 1.84. The Balaban J connectivity index is 2.53.